The quantitative estimate of drug-likeness (QED) is 0.338. The summed E-state index contributed by atoms with van der Waals surface area (Å²) >= 11 is 0. The largest absolute Gasteiger partial charge is 0.504 e. The molecule has 0 aromatic heterocycles. The minimum atomic E-state index is -1.34. The molecule has 0 spiro atoms. The van der Waals surface area contributed by atoms with Crippen molar-refractivity contribution in [2.45, 2.75) is 12.1 Å². The second-order valence-corrected chi connectivity index (χ2v) is 3.64. The molecule has 0 aliphatic carbocycles. The zero-order valence-corrected chi connectivity index (χ0v) is 9.61. The molecule has 1 rings (SSSR count). The van der Waals surface area contributed by atoms with Gasteiger partial charge >= 0.3 is 5.97 Å². The summed E-state index contributed by atoms with van der Waals surface area (Å²) in [5.74, 6) is -1.51. The molecule has 0 amide bonds. The van der Waals surface area contributed by atoms with Gasteiger partial charge in [0.1, 0.15) is 18.8 Å². The summed E-state index contributed by atoms with van der Waals surface area (Å²) < 4.78 is 4.70. The summed E-state index contributed by atoms with van der Waals surface area (Å²) in [6.07, 6.45) is 0.0393. The lowest BCUT2D eigenvalue weighted by molar-refractivity contribution is -0.146. The van der Waals surface area contributed by atoms with Gasteiger partial charge in [0.05, 0.1) is 0 Å². The van der Waals surface area contributed by atoms with Crippen LogP contribution in [0.5, 0.6) is 11.5 Å². The molecule has 6 heteroatoms. The molecule has 98 valence electrons. The fourth-order valence-corrected chi connectivity index (χ4v) is 1.30. The zero-order chi connectivity index (χ0) is 13.7. The summed E-state index contributed by atoms with van der Waals surface area (Å²) in [5.41, 5.74) is 5.72. The number of aliphatic hydroxyl groups excluding tert-OH is 1. The highest BCUT2D eigenvalue weighted by molar-refractivity contribution is 5.76. The van der Waals surface area contributed by atoms with E-state index in [-0.39, 0.29) is 17.9 Å². The Morgan fingerprint density at radius 2 is 2.11 bits per heavy atom. The van der Waals surface area contributed by atoms with Gasteiger partial charge in [-0.25, -0.2) is 0 Å². The van der Waals surface area contributed by atoms with Crippen molar-refractivity contribution in [3.05, 3.63) is 36.4 Å². The monoisotopic (exact) mass is 253 g/mol. The van der Waals surface area contributed by atoms with Gasteiger partial charge in [0, 0.05) is 0 Å². The fourth-order valence-electron chi connectivity index (χ4n) is 1.30. The van der Waals surface area contributed by atoms with Crippen molar-refractivity contribution in [3.8, 4) is 11.5 Å². The minimum absolute atomic E-state index is 0.0000805. The Balaban J connectivity index is 2.79. The lowest BCUT2D eigenvalue weighted by atomic mass is 10.0. The molecule has 6 nitrogen and oxygen atoms in total. The predicted molar refractivity (Wildman–Crippen MR) is 63.9 cm³/mol. The van der Waals surface area contributed by atoms with Gasteiger partial charge in [0.25, 0.3) is 0 Å². The van der Waals surface area contributed by atoms with E-state index in [1.54, 1.807) is 0 Å². The Morgan fingerprint density at radius 3 is 2.67 bits per heavy atom. The number of benzene rings is 1. The summed E-state index contributed by atoms with van der Waals surface area (Å²) in [6, 6.07) is 2.38. The Kier molecular flexibility index (Phi) is 4.70. The second-order valence-electron chi connectivity index (χ2n) is 3.64. The molecule has 0 fully saturated rings. The number of nitrogens with two attached hydrogens (primary N) is 1. The van der Waals surface area contributed by atoms with E-state index < -0.39 is 23.9 Å². The highest BCUT2D eigenvalue weighted by Crippen LogP contribution is 2.28. The first-order chi connectivity index (χ1) is 8.47. The van der Waals surface area contributed by atoms with E-state index in [4.69, 9.17) is 15.6 Å². The Morgan fingerprint density at radius 1 is 1.44 bits per heavy atom. The number of carbonyl (C=O) groups excluding carboxylic acids is 1. The molecule has 0 bridgehead atoms. The molecule has 0 heterocycles. The molecule has 0 radical (unpaired) electrons. The van der Waals surface area contributed by atoms with Gasteiger partial charge in [-0.1, -0.05) is 18.7 Å². The van der Waals surface area contributed by atoms with Crippen LogP contribution >= 0.6 is 0 Å². The van der Waals surface area contributed by atoms with Crippen molar-refractivity contribution < 1.29 is 24.9 Å². The maximum Gasteiger partial charge on any atom is 0.326 e. The first-order valence-electron chi connectivity index (χ1n) is 5.20. The molecule has 0 saturated heterocycles. The van der Waals surface area contributed by atoms with Gasteiger partial charge in [0.2, 0.25) is 0 Å². The van der Waals surface area contributed by atoms with Crippen LogP contribution in [-0.2, 0) is 9.53 Å². The molecular formula is C12H15NO5. The van der Waals surface area contributed by atoms with E-state index in [1.807, 2.05) is 0 Å². The van der Waals surface area contributed by atoms with Crippen molar-refractivity contribution in [1.82, 2.24) is 0 Å². The van der Waals surface area contributed by atoms with Crippen LogP contribution in [0.3, 0.4) is 0 Å². The third-order valence-corrected chi connectivity index (χ3v) is 2.30. The number of aromatic hydroxyl groups is 2. The molecule has 0 saturated carbocycles. The second kappa shape index (κ2) is 6.04. The number of rotatable bonds is 5. The van der Waals surface area contributed by atoms with Crippen molar-refractivity contribution in [2.24, 2.45) is 5.73 Å². The predicted octanol–water partition coefficient (Wildman–Crippen LogP) is 0.188. The molecule has 0 aliphatic heterocycles. The Labute approximate surface area is 104 Å². The summed E-state index contributed by atoms with van der Waals surface area (Å²) in [4.78, 5) is 11.4. The number of ether oxygens (including phenoxy) is 1. The SMILES string of the molecule is C=CCOC(=O)C(N)C(O)c1ccc(O)c(O)c1. The van der Waals surface area contributed by atoms with Crippen LogP contribution in [0.15, 0.2) is 30.9 Å². The lowest BCUT2D eigenvalue weighted by Crippen LogP contribution is -2.38. The smallest absolute Gasteiger partial charge is 0.326 e. The fraction of sp³-hybridized carbons (Fsp3) is 0.250. The van der Waals surface area contributed by atoms with Gasteiger partial charge in [-0.3, -0.25) is 4.79 Å². The average Bonchev–Trinajstić information content (AvgIpc) is 2.37. The summed E-state index contributed by atoms with van der Waals surface area (Å²) in [7, 11) is 0. The van der Waals surface area contributed by atoms with Crippen molar-refractivity contribution >= 4 is 5.97 Å². The maximum atomic E-state index is 11.4. The Hall–Kier alpha value is -2.05. The van der Waals surface area contributed by atoms with Crippen molar-refractivity contribution in [1.29, 1.82) is 0 Å². The third-order valence-electron chi connectivity index (χ3n) is 2.30. The molecule has 2 unspecified atom stereocenters. The number of hydrogen-bond donors (Lipinski definition) is 4. The molecule has 1 aromatic rings. The topological polar surface area (TPSA) is 113 Å². The minimum Gasteiger partial charge on any atom is -0.504 e. The zero-order valence-electron chi connectivity index (χ0n) is 9.61. The summed E-state index contributed by atoms with van der Waals surface area (Å²) in [5, 5.41) is 28.2. The molecule has 2 atom stereocenters. The van der Waals surface area contributed by atoms with E-state index in [1.165, 1.54) is 18.2 Å². The average molecular weight is 253 g/mol. The number of phenols is 2. The van der Waals surface area contributed by atoms with Crippen LogP contribution in [0.2, 0.25) is 0 Å². The first kappa shape index (κ1) is 14.0. The standard InChI is InChI=1S/C12H15NO5/c1-2-5-18-12(17)10(13)11(16)7-3-4-8(14)9(15)6-7/h2-4,6,10-11,14-16H,1,5,13H2. The lowest BCUT2D eigenvalue weighted by Gasteiger charge is -2.17. The molecular weight excluding hydrogens is 238 g/mol. The molecule has 0 aliphatic rings. The van der Waals surface area contributed by atoms with Crippen molar-refractivity contribution in [2.75, 3.05) is 6.61 Å². The van der Waals surface area contributed by atoms with Crippen LogP contribution < -0.4 is 5.73 Å². The maximum absolute atomic E-state index is 11.4. The van der Waals surface area contributed by atoms with Gasteiger partial charge in [-0.05, 0) is 17.7 Å². The van der Waals surface area contributed by atoms with Crippen LogP contribution in [0.1, 0.15) is 11.7 Å². The van der Waals surface area contributed by atoms with E-state index >= 15 is 0 Å². The van der Waals surface area contributed by atoms with Crippen LogP contribution in [0.4, 0.5) is 0 Å². The first-order valence-corrected chi connectivity index (χ1v) is 5.20. The number of phenolic OH excluding ortho intramolecular Hbond substituents is 2. The van der Waals surface area contributed by atoms with Gasteiger partial charge < -0.3 is 25.8 Å². The molecule has 5 N–H and O–H groups in total. The van der Waals surface area contributed by atoms with Gasteiger partial charge in [0.15, 0.2) is 11.5 Å². The highest BCUT2D eigenvalue weighted by Gasteiger charge is 2.25. The third kappa shape index (κ3) is 3.22. The summed E-state index contributed by atoms with van der Waals surface area (Å²) in [6.45, 7) is 3.37. The van der Waals surface area contributed by atoms with E-state index in [0.29, 0.717) is 0 Å². The van der Waals surface area contributed by atoms with E-state index in [2.05, 4.69) is 6.58 Å². The normalized spacial score (nSPS) is 13.7. The number of hydrogen-bond acceptors (Lipinski definition) is 6. The number of carbonyl (C=O) groups is 1. The van der Waals surface area contributed by atoms with E-state index in [9.17, 15) is 15.0 Å². The highest BCUT2D eigenvalue weighted by atomic mass is 16.5. The van der Waals surface area contributed by atoms with E-state index in [0.717, 1.165) is 6.07 Å². The molecule has 1 aromatic carbocycles. The number of esters is 1. The molecule has 18 heavy (non-hydrogen) atoms. The van der Waals surface area contributed by atoms with Crippen LogP contribution in [-0.4, -0.2) is 33.9 Å². The number of aliphatic hydroxyl groups is 1. The van der Waals surface area contributed by atoms with Crippen LogP contribution in [0.25, 0.3) is 0 Å². The van der Waals surface area contributed by atoms with Crippen molar-refractivity contribution in [3.63, 3.8) is 0 Å². The van der Waals surface area contributed by atoms with Crippen LogP contribution in [0, 0.1) is 0 Å². The van der Waals surface area contributed by atoms with Gasteiger partial charge in [-0.15, -0.1) is 0 Å². The van der Waals surface area contributed by atoms with Gasteiger partial charge in [-0.2, -0.15) is 0 Å². The Bertz CT molecular complexity index is 446.